The van der Waals surface area contributed by atoms with Crippen LogP contribution in [0.15, 0.2) is 6.20 Å². The van der Waals surface area contributed by atoms with Crippen molar-refractivity contribution in [3.05, 3.63) is 15.5 Å². The van der Waals surface area contributed by atoms with Crippen molar-refractivity contribution in [2.45, 2.75) is 19.4 Å². The Kier molecular flexibility index (Phi) is 2.65. The normalized spacial score (nSPS) is 13.5. The molecule has 2 N–H and O–H groups in total. The first-order valence-electron chi connectivity index (χ1n) is 3.04. The number of rotatable bonds is 2. The highest BCUT2D eigenvalue weighted by molar-refractivity contribution is 7.15. The van der Waals surface area contributed by atoms with E-state index in [1.165, 1.54) is 11.3 Å². The highest BCUT2D eigenvalue weighted by Crippen LogP contribution is 2.18. The maximum absolute atomic E-state index is 5.61. The van der Waals surface area contributed by atoms with E-state index in [0.717, 1.165) is 11.3 Å². The number of aromatic nitrogens is 1. The van der Waals surface area contributed by atoms with E-state index in [1.807, 2.05) is 6.92 Å². The van der Waals surface area contributed by atoms with Crippen LogP contribution in [0.5, 0.6) is 0 Å². The first-order chi connectivity index (χ1) is 4.68. The molecule has 0 aliphatic heterocycles. The lowest BCUT2D eigenvalue weighted by molar-refractivity contribution is 0.745. The van der Waals surface area contributed by atoms with Crippen molar-refractivity contribution in [1.29, 1.82) is 0 Å². The van der Waals surface area contributed by atoms with Gasteiger partial charge in [-0.3, -0.25) is 0 Å². The summed E-state index contributed by atoms with van der Waals surface area (Å²) in [6.07, 6.45) is 2.64. The fraction of sp³-hybridized carbons (Fsp3) is 0.500. The topological polar surface area (TPSA) is 38.9 Å². The number of nitrogens with zero attached hydrogens (tertiary/aromatic N) is 1. The third-order valence-electron chi connectivity index (χ3n) is 1.05. The van der Waals surface area contributed by atoms with Crippen LogP contribution in [-0.2, 0) is 6.42 Å². The first kappa shape index (κ1) is 7.98. The smallest absolute Gasteiger partial charge is 0.183 e. The molecule has 1 atom stereocenters. The number of nitrogens with two attached hydrogens (primary N) is 1. The predicted molar refractivity (Wildman–Crippen MR) is 44.5 cm³/mol. The molecular formula is C6H9ClN2S. The molecule has 1 aromatic rings. The Morgan fingerprint density at radius 2 is 2.60 bits per heavy atom. The molecular weight excluding hydrogens is 168 g/mol. The van der Waals surface area contributed by atoms with E-state index < -0.39 is 0 Å². The van der Waals surface area contributed by atoms with Crippen molar-refractivity contribution in [1.82, 2.24) is 4.98 Å². The lowest BCUT2D eigenvalue weighted by atomic mass is 10.2. The summed E-state index contributed by atoms with van der Waals surface area (Å²) in [6.45, 7) is 1.97. The zero-order valence-corrected chi connectivity index (χ0v) is 7.25. The maximum atomic E-state index is 5.61. The van der Waals surface area contributed by atoms with Gasteiger partial charge in [0.15, 0.2) is 4.47 Å². The second-order valence-electron chi connectivity index (χ2n) is 2.26. The fourth-order valence-corrected chi connectivity index (χ4v) is 1.81. The zero-order valence-electron chi connectivity index (χ0n) is 5.67. The highest BCUT2D eigenvalue weighted by Gasteiger charge is 2.01. The van der Waals surface area contributed by atoms with Gasteiger partial charge in [0.1, 0.15) is 0 Å². The minimum absolute atomic E-state index is 0.191. The molecule has 4 heteroatoms. The minimum Gasteiger partial charge on any atom is -0.328 e. The van der Waals surface area contributed by atoms with Gasteiger partial charge in [-0.15, -0.1) is 11.3 Å². The second kappa shape index (κ2) is 3.32. The van der Waals surface area contributed by atoms with Crippen LogP contribution in [0.25, 0.3) is 0 Å². The zero-order chi connectivity index (χ0) is 7.56. The standard InChI is InChI=1S/C6H9ClN2S/c1-4(8)2-5-3-9-6(7)10-5/h3-4H,2,8H2,1H3. The van der Waals surface area contributed by atoms with E-state index in [9.17, 15) is 0 Å². The molecule has 0 spiro atoms. The molecule has 1 rings (SSSR count). The Morgan fingerprint density at radius 1 is 1.90 bits per heavy atom. The van der Waals surface area contributed by atoms with Crippen molar-refractivity contribution >= 4 is 22.9 Å². The maximum Gasteiger partial charge on any atom is 0.183 e. The molecule has 0 amide bonds. The van der Waals surface area contributed by atoms with Gasteiger partial charge in [-0.05, 0) is 13.3 Å². The molecule has 0 aliphatic rings. The van der Waals surface area contributed by atoms with Crippen LogP contribution in [0.2, 0.25) is 4.47 Å². The molecule has 0 aliphatic carbocycles. The van der Waals surface area contributed by atoms with Gasteiger partial charge in [0.25, 0.3) is 0 Å². The Labute approximate surface area is 69.0 Å². The van der Waals surface area contributed by atoms with Crippen LogP contribution in [0.3, 0.4) is 0 Å². The van der Waals surface area contributed by atoms with Gasteiger partial charge in [-0.1, -0.05) is 11.6 Å². The van der Waals surface area contributed by atoms with Crippen LogP contribution in [-0.4, -0.2) is 11.0 Å². The lowest BCUT2D eigenvalue weighted by Crippen LogP contribution is -2.16. The summed E-state index contributed by atoms with van der Waals surface area (Å²) in [5.41, 5.74) is 5.57. The summed E-state index contributed by atoms with van der Waals surface area (Å²) >= 11 is 7.10. The van der Waals surface area contributed by atoms with Crippen LogP contribution < -0.4 is 5.73 Å². The van der Waals surface area contributed by atoms with E-state index in [2.05, 4.69) is 4.98 Å². The number of halogens is 1. The number of hydrogen-bond acceptors (Lipinski definition) is 3. The lowest BCUT2D eigenvalue weighted by Gasteiger charge is -1.98. The average Bonchev–Trinajstić information content (AvgIpc) is 2.13. The van der Waals surface area contributed by atoms with Gasteiger partial charge in [0, 0.05) is 17.1 Å². The molecule has 0 aromatic carbocycles. The molecule has 10 heavy (non-hydrogen) atoms. The molecule has 0 bridgehead atoms. The SMILES string of the molecule is CC(N)Cc1cnc(Cl)s1. The van der Waals surface area contributed by atoms with E-state index in [0.29, 0.717) is 4.47 Å². The van der Waals surface area contributed by atoms with Gasteiger partial charge in [-0.25, -0.2) is 4.98 Å². The van der Waals surface area contributed by atoms with Crippen molar-refractivity contribution in [2.24, 2.45) is 5.73 Å². The molecule has 0 saturated carbocycles. The molecule has 1 aromatic heterocycles. The molecule has 56 valence electrons. The molecule has 2 nitrogen and oxygen atoms in total. The van der Waals surface area contributed by atoms with E-state index in [-0.39, 0.29) is 6.04 Å². The summed E-state index contributed by atoms with van der Waals surface area (Å²) in [5, 5.41) is 0. The average molecular weight is 177 g/mol. The minimum atomic E-state index is 0.191. The summed E-state index contributed by atoms with van der Waals surface area (Å²) in [7, 11) is 0. The van der Waals surface area contributed by atoms with Gasteiger partial charge in [0.2, 0.25) is 0 Å². The van der Waals surface area contributed by atoms with Crippen molar-refractivity contribution in [3.8, 4) is 0 Å². The van der Waals surface area contributed by atoms with Crippen molar-refractivity contribution in [2.75, 3.05) is 0 Å². The largest absolute Gasteiger partial charge is 0.328 e. The summed E-state index contributed by atoms with van der Waals surface area (Å²) in [5.74, 6) is 0. The quantitative estimate of drug-likeness (QED) is 0.745. The van der Waals surface area contributed by atoms with Gasteiger partial charge in [0.05, 0.1) is 0 Å². The van der Waals surface area contributed by atoms with Crippen molar-refractivity contribution in [3.63, 3.8) is 0 Å². The number of hydrogen-bond donors (Lipinski definition) is 1. The Morgan fingerprint density at radius 3 is 3.00 bits per heavy atom. The van der Waals surface area contributed by atoms with Crippen LogP contribution in [0.4, 0.5) is 0 Å². The molecule has 0 fully saturated rings. The van der Waals surface area contributed by atoms with Gasteiger partial charge in [-0.2, -0.15) is 0 Å². The highest BCUT2D eigenvalue weighted by atomic mass is 35.5. The van der Waals surface area contributed by atoms with Gasteiger partial charge >= 0.3 is 0 Å². The Balaban J connectivity index is 2.58. The first-order valence-corrected chi connectivity index (χ1v) is 4.23. The van der Waals surface area contributed by atoms with Crippen LogP contribution >= 0.6 is 22.9 Å². The van der Waals surface area contributed by atoms with Crippen LogP contribution in [0, 0.1) is 0 Å². The third-order valence-corrected chi connectivity index (χ3v) is 2.19. The van der Waals surface area contributed by atoms with E-state index >= 15 is 0 Å². The fourth-order valence-electron chi connectivity index (χ4n) is 0.695. The van der Waals surface area contributed by atoms with Crippen LogP contribution in [0.1, 0.15) is 11.8 Å². The molecule has 0 radical (unpaired) electrons. The Bertz CT molecular complexity index is 209. The second-order valence-corrected chi connectivity index (χ2v) is 3.96. The molecule has 1 heterocycles. The van der Waals surface area contributed by atoms with E-state index in [1.54, 1.807) is 6.20 Å². The summed E-state index contributed by atoms with van der Waals surface area (Å²) in [4.78, 5) is 5.05. The predicted octanol–water partition coefficient (Wildman–Crippen LogP) is 1.69. The van der Waals surface area contributed by atoms with E-state index in [4.69, 9.17) is 17.3 Å². The summed E-state index contributed by atoms with van der Waals surface area (Å²) in [6, 6.07) is 0.191. The number of thiazole rings is 1. The summed E-state index contributed by atoms with van der Waals surface area (Å²) < 4.78 is 0.593. The molecule has 1 unspecified atom stereocenters. The van der Waals surface area contributed by atoms with Crippen molar-refractivity contribution < 1.29 is 0 Å². The van der Waals surface area contributed by atoms with Gasteiger partial charge < -0.3 is 5.73 Å². The third kappa shape index (κ3) is 2.25. The monoisotopic (exact) mass is 176 g/mol. The Hall–Kier alpha value is -0.120. The molecule has 0 saturated heterocycles.